The van der Waals surface area contributed by atoms with Gasteiger partial charge in [-0.05, 0) is 32.0 Å². The molecule has 1 amide bonds. The second-order valence-electron chi connectivity index (χ2n) is 4.65. The highest BCUT2D eigenvalue weighted by Gasteiger charge is 2.12. The lowest BCUT2D eigenvalue weighted by molar-refractivity contribution is -0.143. The van der Waals surface area contributed by atoms with Crippen LogP contribution in [0.5, 0.6) is 5.75 Å². The molecule has 0 heterocycles. The summed E-state index contributed by atoms with van der Waals surface area (Å²) in [5.41, 5.74) is 1.37. The number of carbonyl (C=O) groups is 2. The van der Waals surface area contributed by atoms with Crippen molar-refractivity contribution in [3.05, 3.63) is 18.2 Å². The number of benzene rings is 1. The quantitative estimate of drug-likeness (QED) is 0.755. The molecule has 21 heavy (non-hydrogen) atoms. The van der Waals surface area contributed by atoms with Gasteiger partial charge in [0.15, 0.2) is 0 Å². The van der Waals surface area contributed by atoms with E-state index >= 15 is 0 Å². The van der Waals surface area contributed by atoms with Crippen LogP contribution in [-0.4, -0.2) is 31.6 Å². The summed E-state index contributed by atoms with van der Waals surface area (Å²) in [5, 5.41) is 5.89. The normalized spacial score (nSPS) is 11.4. The van der Waals surface area contributed by atoms with Gasteiger partial charge in [0.1, 0.15) is 5.75 Å². The molecular formula is C15H22N2O4. The summed E-state index contributed by atoms with van der Waals surface area (Å²) in [6.45, 7) is 5.46. The molecule has 0 aromatic heterocycles. The van der Waals surface area contributed by atoms with Crippen molar-refractivity contribution < 1.29 is 19.1 Å². The number of esters is 1. The van der Waals surface area contributed by atoms with Crippen LogP contribution in [0.15, 0.2) is 18.2 Å². The van der Waals surface area contributed by atoms with E-state index in [1.54, 1.807) is 32.2 Å². The molecule has 0 aliphatic rings. The summed E-state index contributed by atoms with van der Waals surface area (Å²) in [7, 11) is 1.56. The fraction of sp³-hybridized carbons (Fsp3) is 0.467. The van der Waals surface area contributed by atoms with Gasteiger partial charge in [-0.3, -0.25) is 9.59 Å². The van der Waals surface area contributed by atoms with Gasteiger partial charge in [-0.15, -0.1) is 0 Å². The minimum atomic E-state index is -0.255. The van der Waals surface area contributed by atoms with E-state index in [0.29, 0.717) is 23.7 Å². The van der Waals surface area contributed by atoms with Crippen LogP contribution < -0.4 is 15.4 Å². The molecule has 0 aliphatic carbocycles. The van der Waals surface area contributed by atoms with Crippen LogP contribution in [0.4, 0.5) is 11.4 Å². The Morgan fingerprint density at radius 2 is 2.05 bits per heavy atom. The molecule has 1 rings (SSSR count). The Morgan fingerprint density at radius 3 is 2.62 bits per heavy atom. The van der Waals surface area contributed by atoms with Crippen molar-refractivity contribution >= 4 is 23.3 Å². The first-order chi connectivity index (χ1) is 9.96. The predicted octanol–water partition coefficient (Wildman–Crippen LogP) is 2.41. The monoisotopic (exact) mass is 294 g/mol. The summed E-state index contributed by atoms with van der Waals surface area (Å²) in [4.78, 5) is 22.6. The van der Waals surface area contributed by atoms with Crippen molar-refractivity contribution in [3.8, 4) is 5.75 Å². The smallest absolute Gasteiger partial charge is 0.307 e. The molecule has 2 N–H and O–H groups in total. The molecule has 1 aromatic carbocycles. The number of hydrogen-bond donors (Lipinski definition) is 2. The number of methoxy groups -OCH3 is 1. The highest BCUT2D eigenvalue weighted by Crippen LogP contribution is 2.28. The fourth-order valence-corrected chi connectivity index (χ4v) is 1.89. The molecule has 1 aromatic rings. The molecule has 0 saturated carbocycles. The van der Waals surface area contributed by atoms with Crippen LogP contribution in [0, 0.1) is 0 Å². The number of hydrogen-bond acceptors (Lipinski definition) is 5. The zero-order valence-electron chi connectivity index (χ0n) is 12.9. The Kier molecular flexibility index (Phi) is 6.52. The summed E-state index contributed by atoms with van der Waals surface area (Å²) in [5.74, 6) is 0.236. The Hall–Kier alpha value is -2.24. The molecule has 0 aliphatic heterocycles. The Morgan fingerprint density at radius 1 is 1.33 bits per heavy atom. The van der Waals surface area contributed by atoms with Crippen molar-refractivity contribution in [3.63, 3.8) is 0 Å². The maximum atomic E-state index is 11.5. The number of amides is 1. The Balaban J connectivity index is 2.79. The molecule has 0 spiro atoms. The molecule has 0 fully saturated rings. The lowest BCUT2D eigenvalue weighted by atomic mass is 10.2. The van der Waals surface area contributed by atoms with Gasteiger partial charge < -0.3 is 20.1 Å². The number of anilines is 2. The van der Waals surface area contributed by atoms with Crippen LogP contribution >= 0.6 is 0 Å². The second kappa shape index (κ2) is 8.14. The standard InChI is InChI=1S/C15H22N2O4/c1-5-21-15(19)8-10(2)16-13-9-12(17-11(3)18)6-7-14(13)20-4/h6-7,9-10,16H,5,8H2,1-4H3,(H,17,18)/t10-/m1/s1. The number of carbonyl (C=O) groups excluding carboxylic acids is 2. The first-order valence-corrected chi connectivity index (χ1v) is 6.84. The van der Waals surface area contributed by atoms with Crippen LogP contribution in [-0.2, 0) is 14.3 Å². The van der Waals surface area contributed by atoms with E-state index < -0.39 is 0 Å². The zero-order valence-corrected chi connectivity index (χ0v) is 12.9. The van der Waals surface area contributed by atoms with Crippen molar-refractivity contribution in [1.29, 1.82) is 0 Å². The summed E-state index contributed by atoms with van der Waals surface area (Å²) in [6.07, 6.45) is 0.251. The molecule has 1 atom stereocenters. The van der Waals surface area contributed by atoms with Gasteiger partial charge in [0.05, 0.1) is 25.8 Å². The SMILES string of the molecule is CCOC(=O)C[C@@H](C)Nc1cc(NC(C)=O)ccc1OC. The molecule has 0 radical (unpaired) electrons. The lowest BCUT2D eigenvalue weighted by Crippen LogP contribution is -2.21. The van der Waals surface area contributed by atoms with Gasteiger partial charge in [0.25, 0.3) is 0 Å². The van der Waals surface area contributed by atoms with Crippen LogP contribution in [0.1, 0.15) is 27.2 Å². The third kappa shape index (κ3) is 5.72. The zero-order chi connectivity index (χ0) is 15.8. The minimum Gasteiger partial charge on any atom is -0.495 e. The van der Waals surface area contributed by atoms with E-state index in [1.165, 1.54) is 6.92 Å². The molecule has 0 unspecified atom stereocenters. The van der Waals surface area contributed by atoms with Crippen molar-refractivity contribution in [2.75, 3.05) is 24.4 Å². The largest absolute Gasteiger partial charge is 0.495 e. The maximum absolute atomic E-state index is 11.5. The highest BCUT2D eigenvalue weighted by atomic mass is 16.5. The molecular weight excluding hydrogens is 272 g/mol. The molecule has 6 nitrogen and oxygen atoms in total. The molecule has 0 saturated heterocycles. The van der Waals surface area contributed by atoms with Crippen molar-refractivity contribution in [2.45, 2.75) is 33.2 Å². The average molecular weight is 294 g/mol. The predicted molar refractivity (Wildman–Crippen MR) is 81.6 cm³/mol. The van der Waals surface area contributed by atoms with Crippen LogP contribution in [0.2, 0.25) is 0 Å². The first kappa shape index (κ1) is 16.8. The van der Waals surface area contributed by atoms with E-state index in [2.05, 4.69) is 10.6 Å². The third-order valence-corrected chi connectivity index (χ3v) is 2.70. The second-order valence-corrected chi connectivity index (χ2v) is 4.65. The van der Waals surface area contributed by atoms with Crippen LogP contribution in [0.25, 0.3) is 0 Å². The Bertz CT molecular complexity index is 502. The van der Waals surface area contributed by atoms with Gasteiger partial charge >= 0.3 is 5.97 Å². The number of nitrogens with one attached hydrogen (secondary N) is 2. The number of ether oxygens (including phenoxy) is 2. The Labute approximate surface area is 124 Å². The van der Waals surface area contributed by atoms with E-state index in [1.807, 2.05) is 6.92 Å². The van der Waals surface area contributed by atoms with Gasteiger partial charge in [0, 0.05) is 18.7 Å². The van der Waals surface area contributed by atoms with Crippen molar-refractivity contribution in [1.82, 2.24) is 0 Å². The lowest BCUT2D eigenvalue weighted by Gasteiger charge is -2.18. The molecule has 0 bridgehead atoms. The van der Waals surface area contributed by atoms with Gasteiger partial charge in [-0.2, -0.15) is 0 Å². The van der Waals surface area contributed by atoms with E-state index in [-0.39, 0.29) is 24.3 Å². The maximum Gasteiger partial charge on any atom is 0.307 e. The van der Waals surface area contributed by atoms with Crippen LogP contribution in [0.3, 0.4) is 0 Å². The average Bonchev–Trinajstić information content (AvgIpc) is 2.38. The summed E-state index contributed by atoms with van der Waals surface area (Å²) < 4.78 is 10.2. The number of rotatable bonds is 7. The van der Waals surface area contributed by atoms with E-state index in [0.717, 1.165) is 0 Å². The van der Waals surface area contributed by atoms with Gasteiger partial charge in [-0.25, -0.2) is 0 Å². The summed E-state index contributed by atoms with van der Waals surface area (Å²) in [6, 6.07) is 5.15. The van der Waals surface area contributed by atoms with E-state index in [4.69, 9.17) is 9.47 Å². The van der Waals surface area contributed by atoms with Gasteiger partial charge in [0.2, 0.25) is 5.91 Å². The molecule has 6 heteroatoms. The van der Waals surface area contributed by atoms with Crippen molar-refractivity contribution in [2.24, 2.45) is 0 Å². The topological polar surface area (TPSA) is 76.7 Å². The van der Waals surface area contributed by atoms with E-state index in [9.17, 15) is 9.59 Å². The highest BCUT2D eigenvalue weighted by molar-refractivity contribution is 5.89. The summed E-state index contributed by atoms with van der Waals surface area (Å²) >= 11 is 0. The minimum absolute atomic E-state index is 0.120. The first-order valence-electron chi connectivity index (χ1n) is 6.84. The third-order valence-electron chi connectivity index (χ3n) is 2.70. The fourth-order valence-electron chi connectivity index (χ4n) is 1.89. The molecule has 116 valence electrons. The van der Waals surface area contributed by atoms with Gasteiger partial charge in [-0.1, -0.05) is 0 Å².